The number of fused-ring (bicyclic) bond motifs is 1. The Kier molecular flexibility index (Phi) is 3.29. The van der Waals surface area contributed by atoms with Gasteiger partial charge in [0.15, 0.2) is 0 Å². The predicted octanol–water partition coefficient (Wildman–Crippen LogP) is 2.53. The highest BCUT2D eigenvalue weighted by Crippen LogP contribution is 2.48. The number of benzene rings is 1. The molecule has 1 saturated carbocycles. The van der Waals surface area contributed by atoms with Crippen LogP contribution in [-0.2, 0) is 11.2 Å². The number of pyridine rings is 1. The smallest absolute Gasteiger partial charge is 0.339 e. The van der Waals surface area contributed by atoms with Gasteiger partial charge in [0.05, 0.1) is 12.2 Å². The van der Waals surface area contributed by atoms with E-state index in [1.54, 1.807) is 6.07 Å². The van der Waals surface area contributed by atoms with Crippen LogP contribution in [0.5, 0.6) is 0 Å². The van der Waals surface area contributed by atoms with E-state index in [1.807, 2.05) is 18.2 Å². The predicted molar refractivity (Wildman–Crippen MR) is 83.8 cm³/mol. The van der Waals surface area contributed by atoms with Crippen LogP contribution in [0.25, 0.3) is 11.2 Å². The number of esters is 1. The van der Waals surface area contributed by atoms with Gasteiger partial charge in [0.2, 0.25) is 5.65 Å². The zero-order chi connectivity index (χ0) is 15.7. The van der Waals surface area contributed by atoms with Gasteiger partial charge in [-0.1, -0.05) is 30.3 Å². The fourth-order valence-electron chi connectivity index (χ4n) is 2.73. The van der Waals surface area contributed by atoms with Crippen LogP contribution in [0.15, 0.2) is 42.6 Å². The lowest BCUT2D eigenvalue weighted by Gasteiger charge is -2.15. The van der Waals surface area contributed by atoms with Gasteiger partial charge in [0.1, 0.15) is 5.52 Å². The Hall–Kier alpha value is -2.76. The van der Waals surface area contributed by atoms with E-state index in [2.05, 4.69) is 32.5 Å². The lowest BCUT2D eigenvalue weighted by Crippen LogP contribution is -2.17. The lowest BCUT2D eigenvalue weighted by molar-refractivity contribution is 0.0415. The largest absolute Gasteiger partial charge is 0.461 e. The van der Waals surface area contributed by atoms with Crippen LogP contribution in [-0.4, -0.2) is 33.0 Å². The second-order valence-electron chi connectivity index (χ2n) is 6.13. The summed E-state index contributed by atoms with van der Waals surface area (Å²) in [5.74, 6) is -0.360. The molecule has 6 nitrogen and oxygen atoms in total. The molecular weight excluding hydrogens is 292 g/mol. The zero-order valence-electron chi connectivity index (χ0n) is 12.5. The Morgan fingerprint density at radius 2 is 2.04 bits per heavy atom. The Labute approximate surface area is 132 Å². The number of nitrogens with zero attached hydrogens (tertiary/aromatic N) is 3. The first kappa shape index (κ1) is 13.9. The maximum atomic E-state index is 12.2. The van der Waals surface area contributed by atoms with E-state index in [1.165, 1.54) is 11.8 Å². The van der Waals surface area contributed by atoms with Crippen LogP contribution in [0, 0.1) is 5.41 Å². The highest BCUT2D eigenvalue weighted by atomic mass is 16.5. The van der Waals surface area contributed by atoms with Gasteiger partial charge >= 0.3 is 5.97 Å². The van der Waals surface area contributed by atoms with E-state index in [9.17, 15) is 4.79 Å². The number of nitrogens with one attached hydrogen (secondary N) is 1. The van der Waals surface area contributed by atoms with E-state index in [0.29, 0.717) is 23.3 Å². The standard InChI is InChI=1S/C17H16N4O2/c22-16(13-8-14-15(18-10-13)20-21-19-14)23-11-17(6-7-17)9-12-4-2-1-3-5-12/h1-5,8,10H,6-7,9,11H2,(H,18,19,20,21). The van der Waals surface area contributed by atoms with Crippen molar-refractivity contribution >= 4 is 17.1 Å². The van der Waals surface area contributed by atoms with Crippen LogP contribution >= 0.6 is 0 Å². The van der Waals surface area contributed by atoms with Gasteiger partial charge in [0.25, 0.3) is 0 Å². The van der Waals surface area contributed by atoms with Crippen molar-refractivity contribution in [1.29, 1.82) is 0 Å². The van der Waals surface area contributed by atoms with Gasteiger partial charge in [-0.2, -0.15) is 10.3 Å². The molecule has 0 atom stereocenters. The molecule has 2 aromatic heterocycles. The van der Waals surface area contributed by atoms with Gasteiger partial charge in [-0.15, -0.1) is 5.10 Å². The summed E-state index contributed by atoms with van der Waals surface area (Å²) in [5.41, 5.74) is 2.84. The summed E-state index contributed by atoms with van der Waals surface area (Å²) in [4.78, 5) is 16.3. The van der Waals surface area contributed by atoms with Crippen molar-refractivity contribution in [3.8, 4) is 0 Å². The van der Waals surface area contributed by atoms with Crippen molar-refractivity contribution in [2.24, 2.45) is 5.41 Å². The third-order valence-electron chi connectivity index (χ3n) is 4.30. The molecule has 1 aromatic carbocycles. The van der Waals surface area contributed by atoms with Gasteiger partial charge in [-0.25, -0.2) is 9.78 Å². The number of hydrogen-bond donors (Lipinski definition) is 1. The Bertz CT molecular complexity index is 840. The number of ether oxygens (including phenoxy) is 1. The number of carbonyl (C=O) groups excluding carboxylic acids is 1. The summed E-state index contributed by atoms with van der Waals surface area (Å²) < 4.78 is 5.52. The molecule has 1 N–H and O–H groups in total. The SMILES string of the molecule is O=C(OCC1(Cc2ccccc2)CC1)c1cnc2n[nH]nc2c1. The molecule has 0 spiro atoms. The molecule has 116 valence electrons. The Balaban J connectivity index is 1.41. The van der Waals surface area contributed by atoms with E-state index in [4.69, 9.17) is 4.74 Å². The van der Waals surface area contributed by atoms with Crippen molar-refractivity contribution in [2.75, 3.05) is 6.61 Å². The molecular formula is C17H16N4O2. The minimum absolute atomic E-state index is 0.0996. The van der Waals surface area contributed by atoms with E-state index in [-0.39, 0.29) is 11.4 Å². The van der Waals surface area contributed by atoms with Gasteiger partial charge in [0, 0.05) is 11.6 Å². The third kappa shape index (κ3) is 2.92. The van der Waals surface area contributed by atoms with Crippen molar-refractivity contribution < 1.29 is 9.53 Å². The van der Waals surface area contributed by atoms with Gasteiger partial charge in [-0.3, -0.25) is 0 Å². The fraction of sp³-hybridized carbons (Fsp3) is 0.294. The number of hydrogen-bond acceptors (Lipinski definition) is 5. The maximum absolute atomic E-state index is 12.2. The first-order valence-electron chi connectivity index (χ1n) is 7.62. The Morgan fingerprint density at radius 3 is 2.83 bits per heavy atom. The monoisotopic (exact) mass is 308 g/mol. The highest BCUT2D eigenvalue weighted by Gasteiger charge is 2.43. The first-order chi connectivity index (χ1) is 11.2. The number of H-pyrrole nitrogens is 1. The topological polar surface area (TPSA) is 80.8 Å². The molecule has 0 aliphatic heterocycles. The molecule has 0 saturated heterocycles. The molecule has 1 fully saturated rings. The molecule has 1 aliphatic carbocycles. The average Bonchev–Trinajstić information content (AvgIpc) is 3.18. The van der Waals surface area contributed by atoms with E-state index < -0.39 is 0 Å². The average molecular weight is 308 g/mol. The summed E-state index contributed by atoms with van der Waals surface area (Å²) in [6, 6.07) is 12.0. The first-order valence-corrected chi connectivity index (χ1v) is 7.62. The van der Waals surface area contributed by atoms with Crippen molar-refractivity contribution in [3.63, 3.8) is 0 Å². The normalized spacial score (nSPS) is 15.5. The number of carbonyl (C=O) groups is 1. The van der Waals surface area contributed by atoms with Crippen LogP contribution < -0.4 is 0 Å². The summed E-state index contributed by atoms with van der Waals surface area (Å²) >= 11 is 0. The number of aromatic nitrogens is 4. The van der Waals surface area contributed by atoms with Crippen LogP contribution in [0.1, 0.15) is 28.8 Å². The Morgan fingerprint density at radius 1 is 1.22 bits per heavy atom. The van der Waals surface area contributed by atoms with Crippen molar-refractivity contribution in [2.45, 2.75) is 19.3 Å². The summed E-state index contributed by atoms with van der Waals surface area (Å²) in [5, 5.41) is 10.3. The molecule has 1 aliphatic rings. The summed E-state index contributed by atoms with van der Waals surface area (Å²) in [6.45, 7) is 0.442. The van der Waals surface area contributed by atoms with Crippen molar-refractivity contribution in [3.05, 3.63) is 53.7 Å². The number of aromatic amines is 1. The molecule has 2 heterocycles. The van der Waals surface area contributed by atoms with E-state index in [0.717, 1.165) is 19.3 Å². The summed E-state index contributed by atoms with van der Waals surface area (Å²) in [6.07, 6.45) is 4.61. The van der Waals surface area contributed by atoms with Gasteiger partial charge < -0.3 is 4.74 Å². The maximum Gasteiger partial charge on any atom is 0.339 e. The fourth-order valence-corrected chi connectivity index (χ4v) is 2.73. The lowest BCUT2D eigenvalue weighted by atomic mass is 9.97. The third-order valence-corrected chi connectivity index (χ3v) is 4.30. The van der Waals surface area contributed by atoms with Crippen LogP contribution in [0.2, 0.25) is 0 Å². The van der Waals surface area contributed by atoms with Crippen LogP contribution in [0.3, 0.4) is 0 Å². The summed E-state index contributed by atoms with van der Waals surface area (Å²) in [7, 11) is 0. The molecule has 3 aromatic rings. The van der Waals surface area contributed by atoms with E-state index >= 15 is 0 Å². The molecule has 23 heavy (non-hydrogen) atoms. The molecule has 0 amide bonds. The quantitative estimate of drug-likeness (QED) is 0.733. The van der Waals surface area contributed by atoms with Gasteiger partial charge in [-0.05, 0) is 30.9 Å². The molecule has 0 bridgehead atoms. The minimum atomic E-state index is -0.360. The molecule has 4 rings (SSSR count). The second-order valence-corrected chi connectivity index (χ2v) is 6.13. The molecule has 0 unspecified atom stereocenters. The zero-order valence-corrected chi connectivity index (χ0v) is 12.5. The molecule has 0 radical (unpaired) electrons. The highest BCUT2D eigenvalue weighted by molar-refractivity contribution is 5.92. The second kappa shape index (κ2) is 5.46. The minimum Gasteiger partial charge on any atom is -0.461 e. The van der Waals surface area contributed by atoms with Crippen molar-refractivity contribution in [1.82, 2.24) is 20.4 Å². The van der Waals surface area contributed by atoms with Crippen LogP contribution in [0.4, 0.5) is 0 Å². The molecule has 6 heteroatoms. The number of rotatable bonds is 5.